The maximum atomic E-state index is 13.2. The first-order valence-electron chi connectivity index (χ1n) is 10.5. The molecule has 1 atom stereocenters. The van der Waals surface area contributed by atoms with E-state index in [1.54, 1.807) is 18.7 Å². The molecule has 0 spiro atoms. The van der Waals surface area contributed by atoms with Crippen molar-refractivity contribution in [1.82, 2.24) is 9.88 Å². The lowest BCUT2D eigenvalue weighted by Crippen LogP contribution is -2.47. The Balaban J connectivity index is 1.76. The van der Waals surface area contributed by atoms with Crippen molar-refractivity contribution in [3.63, 3.8) is 0 Å². The Kier molecular flexibility index (Phi) is 7.59. The number of aryl methyl sites for hydroxylation is 1. The van der Waals surface area contributed by atoms with Crippen LogP contribution in [0.5, 0.6) is 0 Å². The van der Waals surface area contributed by atoms with Gasteiger partial charge in [0.2, 0.25) is 5.91 Å². The van der Waals surface area contributed by atoms with Crippen LogP contribution in [0.25, 0.3) is 0 Å². The van der Waals surface area contributed by atoms with Gasteiger partial charge >= 0.3 is 5.97 Å². The Morgan fingerprint density at radius 2 is 2.00 bits per heavy atom. The molecule has 1 unspecified atom stereocenters. The van der Waals surface area contributed by atoms with E-state index < -0.39 is 15.8 Å². The number of esters is 1. The predicted octanol–water partition coefficient (Wildman–Crippen LogP) is 2.49. The highest BCUT2D eigenvalue weighted by molar-refractivity contribution is 8.00. The number of aromatic nitrogens is 1. The van der Waals surface area contributed by atoms with E-state index in [4.69, 9.17) is 4.74 Å². The van der Waals surface area contributed by atoms with Crippen LogP contribution in [0.4, 0.5) is 0 Å². The number of carbonyl (C=O) groups excluding carboxylic acids is 2. The lowest BCUT2D eigenvalue weighted by atomic mass is 10.1. The summed E-state index contributed by atoms with van der Waals surface area (Å²) < 4.78 is 29.0. The van der Waals surface area contributed by atoms with Crippen molar-refractivity contribution in [2.24, 2.45) is 0 Å². The van der Waals surface area contributed by atoms with Gasteiger partial charge in [-0.1, -0.05) is 24.6 Å². The third-order valence-corrected chi connectivity index (χ3v) is 8.46. The summed E-state index contributed by atoms with van der Waals surface area (Å²) in [6, 6.07) is 3.28. The van der Waals surface area contributed by atoms with Gasteiger partial charge in [-0.25, -0.2) is 18.2 Å². The zero-order valence-corrected chi connectivity index (χ0v) is 19.4. The Morgan fingerprint density at radius 1 is 1.29 bits per heavy atom. The van der Waals surface area contributed by atoms with Crippen LogP contribution in [0.15, 0.2) is 11.1 Å². The highest BCUT2D eigenvalue weighted by atomic mass is 32.2. The van der Waals surface area contributed by atoms with Gasteiger partial charge in [-0.05, 0) is 39.2 Å². The van der Waals surface area contributed by atoms with Crippen molar-refractivity contribution in [2.45, 2.75) is 63.1 Å². The second-order valence-electron chi connectivity index (χ2n) is 7.89. The molecule has 0 N–H and O–H groups in total. The van der Waals surface area contributed by atoms with Gasteiger partial charge < -0.3 is 9.64 Å². The molecule has 10 heteroatoms. The Morgan fingerprint density at radius 3 is 2.58 bits per heavy atom. The molecule has 1 aromatic heterocycles. The van der Waals surface area contributed by atoms with Crippen LogP contribution in [0.1, 0.15) is 60.6 Å². The fraction of sp³-hybridized carbons (Fsp3) is 0.619. The molecule has 31 heavy (non-hydrogen) atoms. The van der Waals surface area contributed by atoms with Crippen molar-refractivity contribution < 1.29 is 22.7 Å². The zero-order valence-electron chi connectivity index (χ0n) is 17.8. The van der Waals surface area contributed by atoms with Gasteiger partial charge in [-0.15, -0.1) is 0 Å². The fourth-order valence-corrected chi connectivity index (χ4v) is 6.86. The van der Waals surface area contributed by atoms with Crippen molar-refractivity contribution in [2.75, 3.05) is 23.9 Å². The van der Waals surface area contributed by atoms with Crippen LogP contribution >= 0.6 is 11.8 Å². The van der Waals surface area contributed by atoms with E-state index in [9.17, 15) is 23.3 Å². The molecule has 8 nitrogen and oxygen atoms in total. The van der Waals surface area contributed by atoms with Gasteiger partial charge in [-0.2, -0.15) is 5.26 Å². The maximum absolute atomic E-state index is 13.2. The quantitative estimate of drug-likeness (QED) is 0.445. The monoisotopic (exact) mass is 465 g/mol. The van der Waals surface area contributed by atoms with E-state index in [1.807, 2.05) is 6.07 Å². The molecule has 2 heterocycles. The minimum absolute atomic E-state index is 0.0228. The Bertz CT molecular complexity index is 997. The SMILES string of the molecule is CCOC(=O)c1cc(C#N)c(SCC(=O)N(C2CCCC2)C2CCS(=O)(=O)C2)nc1C. The third-order valence-electron chi connectivity index (χ3n) is 5.73. The van der Waals surface area contributed by atoms with Gasteiger partial charge in [0.05, 0.1) is 40.7 Å². The van der Waals surface area contributed by atoms with E-state index in [2.05, 4.69) is 4.98 Å². The number of sulfone groups is 1. The second-order valence-corrected chi connectivity index (χ2v) is 11.1. The lowest BCUT2D eigenvalue weighted by molar-refractivity contribution is -0.132. The first kappa shape index (κ1) is 23.5. The van der Waals surface area contributed by atoms with Crippen molar-refractivity contribution in [3.8, 4) is 6.07 Å². The molecule has 1 amide bonds. The molecular weight excluding hydrogens is 438 g/mol. The number of hydrogen-bond acceptors (Lipinski definition) is 8. The molecule has 0 aromatic carbocycles. The fourth-order valence-electron chi connectivity index (χ4n) is 4.28. The van der Waals surface area contributed by atoms with Gasteiger partial charge in [-0.3, -0.25) is 4.79 Å². The van der Waals surface area contributed by atoms with Crippen LogP contribution in [0.3, 0.4) is 0 Å². The number of thioether (sulfide) groups is 1. The average Bonchev–Trinajstić information content (AvgIpc) is 3.36. The summed E-state index contributed by atoms with van der Waals surface area (Å²) in [7, 11) is -3.10. The highest BCUT2D eigenvalue weighted by Crippen LogP contribution is 2.31. The molecular formula is C21H27N3O5S2. The van der Waals surface area contributed by atoms with Gasteiger partial charge in [0, 0.05) is 12.1 Å². The number of carbonyl (C=O) groups is 2. The maximum Gasteiger partial charge on any atom is 0.340 e. The van der Waals surface area contributed by atoms with Crippen molar-refractivity contribution in [1.29, 1.82) is 5.26 Å². The number of nitriles is 1. The summed E-state index contributed by atoms with van der Waals surface area (Å²) in [5, 5.41) is 9.89. The van der Waals surface area contributed by atoms with E-state index in [0.717, 1.165) is 37.4 Å². The minimum Gasteiger partial charge on any atom is -0.462 e. The Labute approximate surface area is 187 Å². The average molecular weight is 466 g/mol. The number of amides is 1. The number of nitrogens with zero attached hydrogens (tertiary/aromatic N) is 3. The summed E-state index contributed by atoms with van der Waals surface area (Å²) in [6.07, 6.45) is 4.33. The molecule has 168 valence electrons. The summed E-state index contributed by atoms with van der Waals surface area (Å²) in [4.78, 5) is 31.4. The van der Waals surface area contributed by atoms with Crippen LogP contribution in [0.2, 0.25) is 0 Å². The first-order chi connectivity index (χ1) is 14.8. The number of rotatable bonds is 7. The van der Waals surface area contributed by atoms with Crippen molar-refractivity contribution in [3.05, 3.63) is 22.9 Å². The normalized spacial score (nSPS) is 20.4. The summed E-state index contributed by atoms with van der Waals surface area (Å²) >= 11 is 1.15. The number of pyridine rings is 1. The lowest BCUT2D eigenvalue weighted by Gasteiger charge is -2.34. The largest absolute Gasteiger partial charge is 0.462 e. The van der Waals surface area contributed by atoms with E-state index in [-0.39, 0.29) is 53.0 Å². The van der Waals surface area contributed by atoms with Crippen LogP contribution in [-0.2, 0) is 19.4 Å². The molecule has 0 bridgehead atoms. The third kappa shape index (κ3) is 5.57. The zero-order chi connectivity index (χ0) is 22.6. The summed E-state index contributed by atoms with van der Waals surface area (Å²) in [5.41, 5.74) is 0.877. The summed E-state index contributed by atoms with van der Waals surface area (Å²) in [6.45, 7) is 3.58. The molecule has 1 saturated heterocycles. The second kappa shape index (κ2) is 10.0. The molecule has 1 aromatic rings. The molecule has 3 rings (SSSR count). The minimum atomic E-state index is -3.10. The number of ether oxygens (including phenoxy) is 1. The standard InChI is InChI=1S/C21H27N3O5S2/c1-3-29-21(26)18-10-15(11-22)20(23-14(18)2)30-12-19(25)24(16-6-4-5-7-16)17-8-9-31(27,28)13-17/h10,16-17H,3-9,12-13H2,1-2H3. The van der Waals surface area contributed by atoms with Gasteiger partial charge in [0.1, 0.15) is 11.1 Å². The summed E-state index contributed by atoms with van der Waals surface area (Å²) in [5.74, 6) is -0.457. The van der Waals surface area contributed by atoms with E-state index in [1.165, 1.54) is 6.07 Å². The predicted molar refractivity (Wildman–Crippen MR) is 117 cm³/mol. The van der Waals surface area contributed by atoms with E-state index >= 15 is 0 Å². The molecule has 1 aliphatic heterocycles. The Hall–Kier alpha value is -2.12. The van der Waals surface area contributed by atoms with Crippen LogP contribution < -0.4 is 0 Å². The molecule has 2 fully saturated rings. The first-order valence-corrected chi connectivity index (χ1v) is 13.3. The molecule has 0 radical (unpaired) electrons. The topological polar surface area (TPSA) is 117 Å². The van der Waals surface area contributed by atoms with Crippen molar-refractivity contribution >= 4 is 33.5 Å². The smallest absolute Gasteiger partial charge is 0.340 e. The molecule has 1 aliphatic carbocycles. The highest BCUT2D eigenvalue weighted by Gasteiger charge is 2.39. The van der Waals surface area contributed by atoms with Gasteiger partial charge in [0.15, 0.2) is 9.84 Å². The van der Waals surface area contributed by atoms with Gasteiger partial charge in [0.25, 0.3) is 0 Å². The van der Waals surface area contributed by atoms with Crippen LogP contribution in [0, 0.1) is 18.3 Å². The molecule has 2 aliphatic rings. The molecule has 1 saturated carbocycles. The van der Waals surface area contributed by atoms with Crippen LogP contribution in [-0.4, -0.2) is 66.1 Å². The van der Waals surface area contributed by atoms with E-state index in [0.29, 0.717) is 17.1 Å². The number of hydrogen-bond donors (Lipinski definition) is 0.